The summed E-state index contributed by atoms with van der Waals surface area (Å²) in [5.41, 5.74) is -0.144. The molecule has 0 saturated heterocycles. The van der Waals surface area contributed by atoms with E-state index in [0.717, 1.165) is 6.42 Å². The van der Waals surface area contributed by atoms with Gasteiger partial charge in [-0.05, 0) is 17.8 Å². The van der Waals surface area contributed by atoms with E-state index in [4.69, 9.17) is 5.11 Å². The van der Waals surface area contributed by atoms with Gasteiger partial charge in [-0.15, -0.1) is 6.58 Å². The van der Waals surface area contributed by atoms with Gasteiger partial charge < -0.3 is 10.2 Å². The summed E-state index contributed by atoms with van der Waals surface area (Å²) in [4.78, 5) is 0. The van der Waals surface area contributed by atoms with Crippen LogP contribution in [0.25, 0.3) is 0 Å². The third-order valence-corrected chi connectivity index (χ3v) is 2.64. The van der Waals surface area contributed by atoms with Gasteiger partial charge in [0.25, 0.3) is 0 Å². The zero-order valence-corrected chi connectivity index (χ0v) is 9.83. The van der Waals surface area contributed by atoms with Crippen LogP contribution in [0.4, 0.5) is 0 Å². The maximum atomic E-state index is 9.89. The van der Waals surface area contributed by atoms with Crippen molar-refractivity contribution in [2.45, 2.75) is 40.2 Å². The number of aliphatic hydroxyl groups excluding tert-OH is 2. The van der Waals surface area contributed by atoms with E-state index in [-0.39, 0.29) is 30.0 Å². The zero-order valence-electron chi connectivity index (χ0n) is 9.83. The van der Waals surface area contributed by atoms with Crippen LogP contribution in [0, 0.1) is 17.3 Å². The Balaban J connectivity index is 4.36. The van der Waals surface area contributed by atoms with Crippen LogP contribution < -0.4 is 0 Å². The van der Waals surface area contributed by atoms with Gasteiger partial charge in [-0.2, -0.15) is 0 Å². The molecule has 2 heteroatoms. The lowest BCUT2D eigenvalue weighted by Crippen LogP contribution is -2.30. The second-order valence-corrected chi connectivity index (χ2v) is 5.16. The molecule has 0 aromatic heterocycles. The molecule has 0 aliphatic carbocycles. The minimum absolute atomic E-state index is 0.0668. The molecule has 0 aliphatic heterocycles. The molecule has 0 fully saturated rings. The molecule has 2 unspecified atom stereocenters. The molecule has 0 aliphatic rings. The van der Waals surface area contributed by atoms with Gasteiger partial charge in [-0.3, -0.25) is 0 Å². The average molecular weight is 200 g/mol. The lowest BCUT2D eigenvalue weighted by atomic mass is 9.79. The first kappa shape index (κ1) is 13.7. The summed E-state index contributed by atoms with van der Waals surface area (Å²) < 4.78 is 0. The van der Waals surface area contributed by atoms with E-state index in [1.807, 2.05) is 27.7 Å². The largest absolute Gasteiger partial charge is 0.396 e. The van der Waals surface area contributed by atoms with E-state index in [1.165, 1.54) is 0 Å². The van der Waals surface area contributed by atoms with Crippen molar-refractivity contribution in [1.29, 1.82) is 0 Å². The summed E-state index contributed by atoms with van der Waals surface area (Å²) in [7, 11) is 0. The zero-order chi connectivity index (χ0) is 11.4. The summed E-state index contributed by atoms with van der Waals surface area (Å²) in [6, 6.07) is 0. The van der Waals surface area contributed by atoms with Crippen molar-refractivity contribution in [1.82, 2.24) is 0 Å². The summed E-state index contributed by atoms with van der Waals surface area (Å²) in [6.07, 6.45) is 2.20. The molecule has 0 heterocycles. The molecule has 0 spiro atoms. The first-order valence-electron chi connectivity index (χ1n) is 5.25. The minimum Gasteiger partial charge on any atom is -0.396 e. The van der Waals surface area contributed by atoms with Crippen LogP contribution in [0.3, 0.4) is 0 Å². The topological polar surface area (TPSA) is 40.5 Å². The molecule has 14 heavy (non-hydrogen) atoms. The van der Waals surface area contributed by atoms with Crippen molar-refractivity contribution >= 4 is 0 Å². The summed E-state index contributed by atoms with van der Waals surface area (Å²) >= 11 is 0. The number of aliphatic hydroxyl groups is 2. The molecule has 0 aromatic carbocycles. The molecule has 0 saturated carbocycles. The third kappa shape index (κ3) is 4.25. The second kappa shape index (κ2) is 5.52. The molecule has 2 atom stereocenters. The summed E-state index contributed by atoms with van der Waals surface area (Å²) in [6.45, 7) is 11.9. The Morgan fingerprint density at radius 1 is 1.36 bits per heavy atom. The quantitative estimate of drug-likeness (QED) is 0.645. The van der Waals surface area contributed by atoms with Crippen LogP contribution in [0.15, 0.2) is 12.7 Å². The Kier molecular flexibility index (Phi) is 5.38. The number of rotatable bonds is 6. The van der Waals surface area contributed by atoms with E-state index < -0.39 is 0 Å². The van der Waals surface area contributed by atoms with Gasteiger partial charge in [-0.1, -0.05) is 33.8 Å². The Bertz CT molecular complexity index is 173. The van der Waals surface area contributed by atoms with Crippen LogP contribution in [-0.4, -0.2) is 22.9 Å². The van der Waals surface area contributed by atoms with Gasteiger partial charge in [0, 0.05) is 12.5 Å². The molecular weight excluding hydrogens is 176 g/mol. The molecule has 0 radical (unpaired) electrons. The van der Waals surface area contributed by atoms with E-state index in [9.17, 15) is 5.11 Å². The first-order chi connectivity index (χ1) is 6.34. The number of hydrogen-bond donors (Lipinski definition) is 2. The van der Waals surface area contributed by atoms with Gasteiger partial charge in [0.05, 0.1) is 6.10 Å². The SMILES string of the molecule is C=CC(CC(C)(C)CO)C(O)C(C)C. The van der Waals surface area contributed by atoms with E-state index in [0.29, 0.717) is 0 Å². The van der Waals surface area contributed by atoms with Crippen molar-refractivity contribution in [2.75, 3.05) is 6.61 Å². The molecule has 0 rings (SSSR count). The van der Waals surface area contributed by atoms with Crippen molar-refractivity contribution < 1.29 is 10.2 Å². The van der Waals surface area contributed by atoms with Crippen LogP contribution >= 0.6 is 0 Å². The van der Waals surface area contributed by atoms with Crippen LogP contribution in [0.5, 0.6) is 0 Å². The highest BCUT2D eigenvalue weighted by Gasteiger charge is 2.26. The molecule has 2 nitrogen and oxygen atoms in total. The van der Waals surface area contributed by atoms with Gasteiger partial charge in [-0.25, -0.2) is 0 Å². The van der Waals surface area contributed by atoms with Crippen LogP contribution in [0.2, 0.25) is 0 Å². The third-order valence-electron chi connectivity index (χ3n) is 2.64. The fourth-order valence-electron chi connectivity index (χ4n) is 1.54. The monoisotopic (exact) mass is 200 g/mol. The van der Waals surface area contributed by atoms with Gasteiger partial charge >= 0.3 is 0 Å². The van der Waals surface area contributed by atoms with E-state index >= 15 is 0 Å². The van der Waals surface area contributed by atoms with E-state index in [1.54, 1.807) is 6.08 Å². The Hall–Kier alpha value is -0.340. The highest BCUT2D eigenvalue weighted by atomic mass is 16.3. The normalized spacial score (nSPS) is 16.8. The molecular formula is C12H24O2. The van der Waals surface area contributed by atoms with Gasteiger partial charge in [0.1, 0.15) is 0 Å². The van der Waals surface area contributed by atoms with Crippen molar-refractivity contribution in [3.8, 4) is 0 Å². The lowest BCUT2D eigenvalue weighted by molar-refractivity contribution is 0.0482. The number of hydrogen-bond acceptors (Lipinski definition) is 2. The lowest BCUT2D eigenvalue weighted by Gasteiger charge is -2.30. The molecule has 84 valence electrons. The predicted molar refractivity (Wildman–Crippen MR) is 60.0 cm³/mol. The van der Waals surface area contributed by atoms with Crippen molar-refractivity contribution in [3.05, 3.63) is 12.7 Å². The highest BCUT2D eigenvalue weighted by molar-refractivity contribution is 4.89. The molecule has 0 aromatic rings. The second-order valence-electron chi connectivity index (χ2n) is 5.16. The minimum atomic E-state index is -0.363. The Morgan fingerprint density at radius 2 is 1.86 bits per heavy atom. The maximum absolute atomic E-state index is 9.89. The van der Waals surface area contributed by atoms with Gasteiger partial charge in [0.2, 0.25) is 0 Å². The fraction of sp³-hybridized carbons (Fsp3) is 0.833. The maximum Gasteiger partial charge on any atom is 0.0625 e. The fourth-order valence-corrected chi connectivity index (χ4v) is 1.54. The van der Waals surface area contributed by atoms with E-state index in [2.05, 4.69) is 6.58 Å². The Morgan fingerprint density at radius 3 is 2.14 bits per heavy atom. The van der Waals surface area contributed by atoms with Crippen molar-refractivity contribution in [3.63, 3.8) is 0 Å². The van der Waals surface area contributed by atoms with Crippen LogP contribution in [-0.2, 0) is 0 Å². The van der Waals surface area contributed by atoms with Crippen molar-refractivity contribution in [2.24, 2.45) is 17.3 Å². The Labute approximate surface area is 87.7 Å². The smallest absolute Gasteiger partial charge is 0.0625 e. The summed E-state index contributed by atoms with van der Waals surface area (Å²) in [5.74, 6) is 0.296. The van der Waals surface area contributed by atoms with Gasteiger partial charge in [0.15, 0.2) is 0 Å². The molecule has 0 amide bonds. The highest BCUT2D eigenvalue weighted by Crippen LogP contribution is 2.29. The standard InChI is InChI=1S/C12H24O2/c1-6-10(11(14)9(2)3)7-12(4,5)8-13/h6,9-11,13-14H,1,7-8H2,2-5H3. The molecule has 2 N–H and O–H groups in total. The first-order valence-corrected chi connectivity index (χ1v) is 5.25. The summed E-state index contributed by atoms with van der Waals surface area (Å²) in [5, 5.41) is 19.0. The van der Waals surface area contributed by atoms with Crippen LogP contribution in [0.1, 0.15) is 34.1 Å². The molecule has 0 bridgehead atoms. The average Bonchev–Trinajstić information content (AvgIpc) is 2.13. The predicted octanol–water partition coefficient (Wildman–Crippen LogP) is 2.21.